The van der Waals surface area contributed by atoms with E-state index in [0.29, 0.717) is 44.4 Å². The molecule has 30 heavy (non-hydrogen) atoms. The van der Waals surface area contributed by atoms with Gasteiger partial charge in [0.15, 0.2) is 0 Å². The average Bonchev–Trinajstić information content (AvgIpc) is 3.17. The van der Waals surface area contributed by atoms with E-state index in [9.17, 15) is 13.2 Å². The van der Waals surface area contributed by atoms with Crippen LogP contribution in [0, 0.1) is 0 Å². The summed E-state index contributed by atoms with van der Waals surface area (Å²) >= 11 is 0.701. The zero-order valence-electron chi connectivity index (χ0n) is 16.7. The van der Waals surface area contributed by atoms with Gasteiger partial charge in [-0.3, -0.25) is 4.79 Å². The molecule has 4 rings (SSSR count). The van der Waals surface area contributed by atoms with Crippen LogP contribution in [0.25, 0.3) is 22.0 Å². The summed E-state index contributed by atoms with van der Waals surface area (Å²) in [5.74, 6) is 0.0587. The van der Waals surface area contributed by atoms with E-state index in [1.54, 1.807) is 4.31 Å². The Morgan fingerprint density at radius 3 is 2.47 bits per heavy atom. The molecule has 1 amide bonds. The molecule has 0 bridgehead atoms. The average molecular weight is 615 g/mol. The third kappa shape index (κ3) is 4.19. The molecule has 3 N–H and O–H groups in total. The van der Waals surface area contributed by atoms with E-state index in [2.05, 4.69) is 11.1 Å². The molecule has 1 aliphatic rings. The number of aromatic nitrogens is 1. The van der Waals surface area contributed by atoms with Gasteiger partial charge < -0.3 is 5.73 Å². The van der Waals surface area contributed by atoms with Crippen LogP contribution in [0.2, 0.25) is 3.98 Å². The van der Waals surface area contributed by atoms with Crippen LogP contribution in [0.4, 0.5) is 0 Å². The SMILES string of the molecule is NC(=O)c1cc(-c2ccccc2)cc2c(C3CCN(S(=O)(=O)C[CH2][Tl])CC3)c[nH]c12. The fourth-order valence-electron chi connectivity index (χ4n) is 4.31. The summed E-state index contributed by atoms with van der Waals surface area (Å²) in [6, 6.07) is 13.9. The maximum atomic E-state index is 12.4. The second kappa shape index (κ2) is 8.80. The van der Waals surface area contributed by atoms with Crippen LogP contribution in [0.5, 0.6) is 0 Å². The first-order valence-corrected chi connectivity index (χ1v) is 14.9. The van der Waals surface area contributed by atoms with E-state index in [1.165, 1.54) is 0 Å². The maximum absolute atomic E-state index is 12.4. The van der Waals surface area contributed by atoms with Gasteiger partial charge in [-0.2, -0.15) is 0 Å². The van der Waals surface area contributed by atoms with Crippen LogP contribution >= 0.6 is 0 Å². The summed E-state index contributed by atoms with van der Waals surface area (Å²) in [6.45, 7) is 1.09. The molecule has 8 heteroatoms. The summed E-state index contributed by atoms with van der Waals surface area (Å²) < 4.78 is 27.3. The number of rotatable bonds is 6. The Morgan fingerprint density at radius 2 is 1.83 bits per heavy atom. The van der Waals surface area contributed by atoms with Crippen molar-refractivity contribution in [3.05, 3.63) is 59.8 Å². The molecule has 1 aliphatic heterocycles. The Bertz CT molecular complexity index is 1170. The molecule has 0 unspecified atom stereocenters. The molecule has 0 atom stereocenters. The Kier molecular flexibility index (Phi) is 6.31. The minimum atomic E-state index is -3.12. The van der Waals surface area contributed by atoms with Gasteiger partial charge in [0.1, 0.15) is 0 Å². The number of carbonyl (C=O) groups excluding carboxylic acids is 1. The molecule has 1 fully saturated rings. The van der Waals surface area contributed by atoms with Crippen LogP contribution in [0.3, 0.4) is 0 Å². The Balaban J connectivity index is 1.69. The summed E-state index contributed by atoms with van der Waals surface area (Å²) in [5, 5.41) is 0.993. The predicted octanol–water partition coefficient (Wildman–Crippen LogP) is 3.03. The van der Waals surface area contributed by atoms with Crippen LogP contribution in [0.15, 0.2) is 48.7 Å². The molecule has 1 saturated heterocycles. The van der Waals surface area contributed by atoms with Gasteiger partial charge in [0.25, 0.3) is 0 Å². The number of primary amides is 1. The van der Waals surface area contributed by atoms with Crippen molar-refractivity contribution in [2.24, 2.45) is 5.73 Å². The molecule has 3 aromatic rings. The van der Waals surface area contributed by atoms with Gasteiger partial charge in [-0.05, 0) is 0 Å². The van der Waals surface area contributed by atoms with E-state index in [0.717, 1.165) is 44.4 Å². The number of amides is 1. The molecular formula is C22H24N3O3STl. The Hall–Kier alpha value is -1.72. The standard InChI is InChI=1S/C22H24N3O3S.Tl/c1-2-29(27,28)25-10-8-16(9-11-25)20-14-24-21-18(20)12-17(13-19(21)22(23)26)15-6-4-3-5-7-15;/h3-7,12-14,16,24H,1-2,8-11H2,(H2,23,26);. The number of nitrogens with two attached hydrogens (primary N) is 1. The molecule has 2 heterocycles. The first kappa shape index (κ1) is 21.5. The van der Waals surface area contributed by atoms with Gasteiger partial charge in [0.2, 0.25) is 0 Å². The van der Waals surface area contributed by atoms with Crippen molar-refractivity contribution in [2.45, 2.75) is 22.7 Å². The van der Waals surface area contributed by atoms with Gasteiger partial charge in [0.05, 0.1) is 0 Å². The molecule has 0 saturated carbocycles. The van der Waals surface area contributed by atoms with Gasteiger partial charge in [-0.1, -0.05) is 30.3 Å². The fourth-order valence-corrected chi connectivity index (χ4v) is 9.10. The van der Waals surface area contributed by atoms with Crippen molar-refractivity contribution in [1.29, 1.82) is 0 Å². The van der Waals surface area contributed by atoms with Crippen LogP contribution in [-0.2, 0) is 10.0 Å². The number of sulfonamides is 1. The summed E-state index contributed by atoms with van der Waals surface area (Å²) in [6.07, 6.45) is 3.51. The molecular weight excluding hydrogens is 591 g/mol. The van der Waals surface area contributed by atoms with Crippen molar-refractivity contribution in [3.63, 3.8) is 0 Å². The topological polar surface area (TPSA) is 96.3 Å². The van der Waals surface area contributed by atoms with Gasteiger partial charge in [-0.25, -0.2) is 0 Å². The summed E-state index contributed by atoms with van der Waals surface area (Å²) in [7, 11) is -3.12. The van der Waals surface area contributed by atoms with Crippen LogP contribution < -0.4 is 5.73 Å². The number of hydrogen-bond donors (Lipinski definition) is 2. The molecule has 1 aromatic heterocycles. The van der Waals surface area contributed by atoms with Crippen molar-refractivity contribution in [3.8, 4) is 11.1 Å². The van der Waals surface area contributed by atoms with E-state index in [4.69, 9.17) is 5.73 Å². The number of hydrogen-bond acceptors (Lipinski definition) is 3. The summed E-state index contributed by atoms with van der Waals surface area (Å²) in [4.78, 5) is 15.4. The number of benzene rings is 2. The van der Waals surface area contributed by atoms with Crippen molar-refractivity contribution in [2.75, 3.05) is 18.8 Å². The minimum absolute atomic E-state index is 0.245. The predicted molar refractivity (Wildman–Crippen MR) is 120 cm³/mol. The molecule has 2 aromatic carbocycles. The number of nitrogens with zero attached hydrogens (tertiary/aromatic N) is 1. The quantitative estimate of drug-likeness (QED) is 0.418. The normalized spacial score (nSPS) is 16.1. The van der Waals surface area contributed by atoms with Gasteiger partial charge in [-0.15, -0.1) is 0 Å². The number of nitrogens with one attached hydrogen (secondary N) is 1. The van der Waals surface area contributed by atoms with Crippen molar-refractivity contribution >= 4 is 52.6 Å². The van der Waals surface area contributed by atoms with Gasteiger partial charge >= 0.3 is 152 Å². The number of fused-ring (bicyclic) bond motifs is 1. The second-order valence-electron chi connectivity index (χ2n) is 7.70. The summed E-state index contributed by atoms with van der Waals surface area (Å²) in [5.41, 5.74) is 10.0. The third-order valence-electron chi connectivity index (χ3n) is 5.86. The number of aromatic amines is 1. The zero-order chi connectivity index (χ0) is 21.3. The van der Waals surface area contributed by atoms with Crippen molar-refractivity contribution in [1.82, 2.24) is 9.29 Å². The monoisotopic (exact) mass is 615 g/mol. The zero-order valence-corrected chi connectivity index (χ0v) is 22.0. The van der Waals surface area contributed by atoms with Gasteiger partial charge in [0, 0.05) is 0 Å². The van der Waals surface area contributed by atoms with Crippen molar-refractivity contribution < 1.29 is 13.2 Å². The molecule has 0 spiro atoms. The van der Waals surface area contributed by atoms with E-state index in [1.807, 2.05) is 42.6 Å². The molecule has 154 valence electrons. The third-order valence-corrected chi connectivity index (χ3v) is 10.5. The number of H-pyrrole nitrogens is 1. The first-order chi connectivity index (χ1) is 14.4. The second-order valence-corrected chi connectivity index (χ2v) is 12.0. The number of carbonyl (C=O) groups is 1. The fraction of sp³-hybridized carbons (Fsp3) is 0.318. The molecule has 6 nitrogen and oxygen atoms in total. The first-order valence-electron chi connectivity index (χ1n) is 10.1. The Labute approximate surface area is 192 Å². The molecule has 0 radical (unpaired) electrons. The van der Waals surface area contributed by atoms with E-state index < -0.39 is 15.9 Å². The Morgan fingerprint density at radius 1 is 1.13 bits per heavy atom. The van der Waals surface area contributed by atoms with Crippen LogP contribution in [-0.4, -0.2) is 68.2 Å². The van der Waals surface area contributed by atoms with Crippen LogP contribution in [0.1, 0.15) is 34.7 Å². The van der Waals surface area contributed by atoms with E-state index >= 15 is 0 Å². The number of piperidine rings is 1. The van der Waals surface area contributed by atoms with E-state index in [-0.39, 0.29) is 11.7 Å². The molecule has 0 aliphatic carbocycles.